The van der Waals surface area contributed by atoms with Gasteiger partial charge in [0.2, 0.25) is 5.91 Å². The van der Waals surface area contributed by atoms with E-state index in [1.807, 2.05) is 24.3 Å². The summed E-state index contributed by atoms with van der Waals surface area (Å²) < 4.78 is 5.64. The molecular weight excluding hydrogens is 420 g/mol. The van der Waals surface area contributed by atoms with Gasteiger partial charge in [-0.2, -0.15) is 0 Å². The van der Waals surface area contributed by atoms with Crippen LogP contribution in [-0.4, -0.2) is 42.3 Å². The van der Waals surface area contributed by atoms with E-state index in [1.165, 1.54) is 22.3 Å². The second-order valence-corrected chi connectivity index (χ2v) is 9.42. The minimum Gasteiger partial charge on any atom is -0.481 e. The Morgan fingerprint density at radius 3 is 2.33 bits per heavy atom. The number of rotatable bonds is 8. The first-order valence-corrected chi connectivity index (χ1v) is 11.6. The number of benzene rings is 2. The van der Waals surface area contributed by atoms with Gasteiger partial charge in [-0.3, -0.25) is 9.59 Å². The molecule has 2 fully saturated rings. The molecule has 0 aromatic heterocycles. The van der Waals surface area contributed by atoms with E-state index in [1.54, 1.807) is 0 Å². The smallest absolute Gasteiger partial charge is 0.407 e. The number of ether oxygens (including phenoxy) is 1. The van der Waals surface area contributed by atoms with E-state index >= 15 is 0 Å². The maximum Gasteiger partial charge on any atom is 0.407 e. The number of alkyl carbamates (subject to hydrolysis) is 1. The number of amides is 2. The van der Waals surface area contributed by atoms with Gasteiger partial charge in [0.15, 0.2) is 0 Å². The van der Waals surface area contributed by atoms with Gasteiger partial charge in [-0.1, -0.05) is 48.5 Å². The van der Waals surface area contributed by atoms with Gasteiger partial charge in [0.1, 0.15) is 6.61 Å². The number of carbonyl (C=O) groups excluding carboxylic acids is 2. The summed E-state index contributed by atoms with van der Waals surface area (Å²) in [6, 6.07) is 16.4. The summed E-state index contributed by atoms with van der Waals surface area (Å²) in [4.78, 5) is 35.8. The van der Waals surface area contributed by atoms with Crippen LogP contribution in [0.2, 0.25) is 0 Å². The molecule has 2 saturated carbocycles. The van der Waals surface area contributed by atoms with Crippen molar-refractivity contribution < 1.29 is 24.2 Å². The molecular formula is C26H28N2O5. The lowest BCUT2D eigenvalue weighted by molar-refractivity contribution is -0.137. The number of carbonyl (C=O) groups is 3. The largest absolute Gasteiger partial charge is 0.481 e. The second-order valence-electron chi connectivity index (χ2n) is 9.42. The van der Waals surface area contributed by atoms with Crippen molar-refractivity contribution in [3.63, 3.8) is 0 Å². The molecule has 172 valence electrons. The zero-order chi connectivity index (χ0) is 23.0. The minimum absolute atomic E-state index is 0.0167. The van der Waals surface area contributed by atoms with Crippen molar-refractivity contribution in [2.45, 2.75) is 44.1 Å². The number of hydrogen-bond donors (Lipinski definition) is 3. The topological polar surface area (TPSA) is 105 Å². The highest BCUT2D eigenvalue weighted by Gasteiger charge is 2.65. The molecule has 5 rings (SSSR count). The lowest BCUT2D eigenvalue weighted by atomic mass is 9.98. The Morgan fingerprint density at radius 1 is 1.00 bits per heavy atom. The predicted octanol–water partition coefficient (Wildman–Crippen LogP) is 3.67. The van der Waals surface area contributed by atoms with Gasteiger partial charge in [-0.15, -0.1) is 0 Å². The molecule has 0 bridgehead atoms. The summed E-state index contributed by atoms with van der Waals surface area (Å²) in [5.74, 6) is -0.589. The van der Waals surface area contributed by atoms with Crippen LogP contribution >= 0.6 is 0 Å². The van der Waals surface area contributed by atoms with E-state index < -0.39 is 17.5 Å². The zero-order valence-corrected chi connectivity index (χ0v) is 18.4. The molecule has 0 radical (unpaired) electrons. The predicted molar refractivity (Wildman–Crippen MR) is 122 cm³/mol. The molecule has 2 aromatic rings. The van der Waals surface area contributed by atoms with Crippen molar-refractivity contribution in [1.82, 2.24) is 10.6 Å². The zero-order valence-electron chi connectivity index (χ0n) is 18.4. The molecule has 0 spiro atoms. The van der Waals surface area contributed by atoms with Gasteiger partial charge >= 0.3 is 12.1 Å². The van der Waals surface area contributed by atoms with Gasteiger partial charge in [-0.25, -0.2) is 4.79 Å². The highest BCUT2D eigenvalue weighted by Crippen LogP contribution is 2.63. The standard InChI is InChI=1S/C26H28N2O5/c29-23(30)10-5-11-27-24(31)26-13-16(26)12-17(14-26)28-25(32)33-15-22-20-8-3-1-6-18(20)19-7-2-4-9-21(19)22/h1-4,6-9,16-17,22H,5,10-15H2,(H,27,31)(H,28,32)(H,29,30)/t16-,17+,26+/m1/s1. The Morgan fingerprint density at radius 2 is 1.67 bits per heavy atom. The SMILES string of the molecule is O=C(O)CCCNC(=O)[C@@]12C[C@@H](NC(=O)OCC3c4ccccc4-c4ccccc43)C[C@@H]1C2. The first kappa shape index (κ1) is 21.5. The Kier molecular flexibility index (Phi) is 5.56. The average Bonchev–Trinajstić information content (AvgIpc) is 3.23. The maximum absolute atomic E-state index is 12.6. The molecule has 7 heteroatoms. The average molecular weight is 449 g/mol. The summed E-state index contributed by atoms with van der Waals surface area (Å²) in [5.41, 5.74) is 4.31. The summed E-state index contributed by atoms with van der Waals surface area (Å²) in [6.45, 7) is 0.634. The first-order valence-electron chi connectivity index (χ1n) is 11.6. The lowest BCUT2D eigenvalue weighted by Gasteiger charge is -2.19. The normalized spacial score (nSPS) is 24.4. The third-order valence-electron chi connectivity index (χ3n) is 7.38. The van der Waals surface area contributed by atoms with Crippen molar-refractivity contribution in [2.75, 3.05) is 13.2 Å². The van der Waals surface area contributed by atoms with Gasteiger partial charge < -0.3 is 20.5 Å². The van der Waals surface area contributed by atoms with Gasteiger partial charge in [0.25, 0.3) is 0 Å². The highest BCUT2D eigenvalue weighted by molar-refractivity contribution is 5.87. The molecule has 3 atom stereocenters. The van der Waals surface area contributed by atoms with Crippen molar-refractivity contribution >= 4 is 18.0 Å². The van der Waals surface area contributed by atoms with E-state index in [4.69, 9.17) is 9.84 Å². The van der Waals surface area contributed by atoms with E-state index in [-0.39, 0.29) is 36.8 Å². The highest BCUT2D eigenvalue weighted by atomic mass is 16.5. The van der Waals surface area contributed by atoms with Crippen LogP contribution in [-0.2, 0) is 14.3 Å². The number of hydrogen-bond acceptors (Lipinski definition) is 4. The van der Waals surface area contributed by atoms with Crippen LogP contribution in [0, 0.1) is 11.3 Å². The molecule has 2 aromatic carbocycles. The fraction of sp³-hybridized carbons (Fsp3) is 0.423. The van der Waals surface area contributed by atoms with Crippen molar-refractivity contribution in [3.8, 4) is 11.1 Å². The van der Waals surface area contributed by atoms with Crippen LogP contribution in [0.25, 0.3) is 11.1 Å². The molecule has 3 N–H and O–H groups in total. The first-order chi connectivity index (χ1) is 16.0. The summed E-state index contributed by atoms with van der Waals surface area (Å²) in [6.07, 6.45) is 2.23. The van der Waals surface area contributed by atoms with E-state index in [2.05, 4.69) is 34.9 Å². The van der Waals surface area contributed by atoms with Crippen LogP contribution in [0.1, 0.15) is 49.1 Å². The molecule has 0 unspecified atom stereocenters. The quantitative estimate of drug-likeness (QED) is 0.535. The Labute approximate surface area is 192 Å². The van der Waals surface area contributed by atoms with Crippen molar-refractivity contribution in [1.29, 1.82) is 0 Å². The van der Waals surface area contributed by atoms with Gasteiger partial charge in [0, 0.05) is 24.9 Å². The van der Waals surface area contributed by atoms with Crippen LogP contribution in [0.4, 0.5) is 4.79 Å². The third-order valence-corrected chi connectivity index (χ3v) is 7.38. The third kappa shape index (κ3) is 4.08. The van der Waals surface area contributed by atoms with Crippen LogP contribution < -0.4 is 10.6 Å². The van der Waals surface area contributed by atoms with Crippen LogP contribution in [0.15, 0.2) is 48.5 Å². The van der Waals surface area contributed by atoms with E-state index in [0.29, 0.717) is 19.4 Å². The van der Waals surface area contributed by atoms with E-state index in [0.717, 1.165) is 12.8 Å². The maximum atomic E-state index is 12.6. The molecule has 33 heavy (non-hydrogen) atoms. The molecule has 3 aliphatic carbocycles. The fourth-order valence-electron chi connectivity index (χ4n) is 5.71. The summed E-state index contributed by atoms with van der Waals surface area (Å²) in [7, 11) is 0. The number of fused-ring (bicyclic) bond motifs is 4. The van der Waals surface area contributed by atoms with Crippen LogP contribution in [0.3, 0.4) is 0 Å². The Hall–Kier alpha value is -3.35. The Bertz CT molecular complexity index is 1050. The number of aliphatic carboxylic acids is 1. The van der Waals surface area contributed by atoms with Gasteiger partial charge in [0.05, 0.1) is 5.41 Å². The molecule has 2 amide bonds. The lowest BCUT2D eigenvalue weighted by Crippen LogP contribution is -2.38. The monoisotopic (exact) mass is 448 g/mol. The summed E-state index contributed by atoms with van der Waals surface area (Å²) in [5, 5.41) is 14.5. The number of carboxylic acids is 1. The molecule has 3 aliphatic rings. The molecule has 0 aliphatic heterocycles. The van der Waals surface area contributed by atoms with Crippen LogP contribution in [0.5, 0.6) is 0 Å². The van der Waals surface area contributed by atoms with Gasteiger partial charge in [-0.05, 0) is 53.9 Å². The molecule has 0 heterocycles. The second kappa shape index (κ2) is 8.54. The Balaban J connectivity index is 1.13. The minimum atomic E-state index is -0.861. The molecule has 7 nitrogen and oxygen atoms in total. The molecule has 0 saturated heterocycles. The van der Waals surface area contributed by atoms with Crippen molar-refractivity contribution in [3.05, 3.63) is 59.7 Å². The fourth-order valence-corrected chi connectivity index (χ4v) is 5.71. The number of nitrogens with one attached hydrogen (secondary N) is 2. The van der Waals surface area contributed by atoms with E-state index in [9.17, 15) is 14.4 Å². The van der Waals surface area contributed by atoms with Crippen molar-refractivity contribution in [2.24, 2.45) is 11.3 Å². The summed E-state index contributed by atoms with van der Waals surface area (Å²) >= 11 is 0. The number of carboxylic acid groups (broad SMARTS) is 1.